The molecule has 0 bridgehead atoms. The molecule has 0 spiro atoms. The van der Waals surface area contributed by atoms with E-state index in [0.29, 0.717) is 34.2 Å². The molecule has 1 aliphatic carbocycles. The molecule has 2 N–H and O–H groups in total. The van der Waals surface area contributed by atoms with Crippen LogP contribution in [0.25, 0.3) is 0 Å². The fourth-order valence-electron chi connectivity index (χ4n) is 3.44. The second-order valence-corrected chi connectivity index (χ2v) is 7.74. The van der Waals surface area contributed by atoms with Gasteiger partial charge < -0.3 is 15.4 Å². The standard InChI is InChI=1S/C23H27ClN2O3/c1-2-13-29-19-10-6-7-16(14-19)22(27)26-18-11-12-21(24)20(15-18)23(28)25-17-8-4-3-5-9-17/h6-7,10-12,14-15,17H,2-5,8-9,13H2,1H3,(H,25,28)(H,26,27). The molecular formula is C23H27ClN2O3. The highest BCUT2D eigenvalue weighted by atomic mass is 35.5. The van der Waals surface area contributed by atoms with Crippen molar-refractivity contribution in [2.75, 3.05) is 11.9 Å². The number of carbonyl (C=O) groups is 2. The van der Waals surface area contributed by atoms with Gasteiger partial charge in [-0.25, -0.2) is 0 Å². The number of hydrogen-bond donors (Lipinski definition) is 2. The van der Waals surface area contributed by atoms with Gasteiger partial charge in [0.25, 0.3) is 11.8 Å². The summed E-state index contributed by atoms with van der Waals surface area (Å²) < 4.78 is 5.58. The second-order valence-electron chi connectivity index (χ2n) is 7.33. The minimum absolute atomic E-state index is 0.191. The van der Waals surface area contributed by atoms with E-state index >= 15 is 0 Å². The summed E-state index contributed by atoms with van der Waals surface area (Å²) in [7, 11) is 0. The van der Waals surface area contributed by atoms with Gasteiger partial charge >= 0.3 is 0 Å². The molecule has 2 aromatic rings. The molecule has 3 rings (SSSR count). The van der Waals surface area contributed by atoms with E-state index < -0.39 is 0 Å². The van der Waals surface area contributed by atoms with Gasteiger partial charge in [-0.1, -0.05) is 43.9 Å². The first-order chi connectivity index (χ1) is 14.1. The highest BCUT2D eigenvalue weighted by Crippen LogP contribution is 2.23. The molecule has 0 aliphatic heterocycles. The molecule has 1 saturated carbocycles. The Bertz CT molecular complexity index is 863. The smallest absolute Gasteiger partial charge is 0.255 e. The van der Waals surface area contributed by atoms with E-state index in [4.69, 9.17) is 16.3 Å². The van der Waals surface area contributed by atoms with Gasteiger partial charge in [0, 0.05) is 17.3 Å². The molecule has 2 aromatic carbocycles. The Morgan fingerprint density at radius 3 is 2.62 bits per heavy atom. The maximum atomic E-state index is 12.7. The van der Waals surface area contributed by atoms with Gasteiger partial charge in [-0.15, -0.1) is 0 Å². The SMILES string of the molecule is CCCOc1cccc(C(=O)Nc2ccc(Cl)c(C(=O)NC3CCCCC3)c2)c1. The van der Waals surface area contributed by atoms with E-state index in [9.17, 15) is 9.59 Å². The number of amides is 2. The average Bonchev–Trinajstić information content (AvgIpc) is 2.74. The third kappa shape index (κ3) is 5.97. The first-order valence-electron chi connectivity index (χ1n) is 10.2. The molecule has 0 heterocycles. The molecule has 1 fully saturated rings. The molecule has 0 unspecified atom stereocenters. The highest BCUT2D eigenvalue weighted by molar-refractivity contribution is 6.34. The van der Waals surface area contributed by atoms with Crippen LogP contribution in [-0.2, 0) is 0 Å². The van der Waals surface area contributed by atoms with Gasteiger partial charge in [0.1, 0.15) is 5.75 Å². The quantitative estimate of drug-likeness (QED) is 0.633. The number of ether oxygens (including phenoxy) is 1. The monoisotopic (exact) mass is 414 g/mol. The van der Waals surface area contributed by atoms with E-state index in [1.54, 1.807) is 36.4 Å². The van der Waals surface area contributed by atoms with Crippen LogP contribution >= 0.6 is 11.6 Å². The Hall–Kier alpha value is -2.53. The molecule has 154 valence electrons. The summed E-state index contributed by atoms with van der Waals surface area (Å²) in [5.74, 6) is 0.184. The number of nitrogens with one attached hydrogen (secondary N) is 2. The highest BCUT2D eigenvalue weighted by Gasteiger charge is 2.19. The predicted octanol–water partition coefficient (Wildman–Crippen LogP) is 5.44. The third-order valence-corrected chi connectivity index (χ3v) is 5.31. The fraction of sp³-hybridized carbons (Fsp3) is 0.391. The summed E-state index contributed by atoms with van der Waals surface area (Å²) in [6, 6.07) is 12.2. The normalized spacial score (nSPS) is 14.3. The van der Waals surface area contributed by atoms with E-state index in [2.05, 4.69) is 10.6 Å². The topological polar surface area (TPSA) is 67.4 Å². The average molecular weight is 415 g/mol. The van der Waals surface area contributed by atoms with Crippen LogP contribution in [0.4, 0.5) is 5.69 Å². The number of benzene rings is 2. The predicted molar refractivity (Wildman–Crippen MR) is 116 cm³/mol. The zero-order valence-electron chi connectivity index (χ0n) is 16.7. The van der Waals surface area contributed by atoms with Crippen molar-refractivity contribution in [3.8, 4) is 5.75 Å². The van der Waals surface area contributed by atoms with Gasteiger partial charge in [0.15, 0.2) is 0 Å². The zero-order valence-corrected chi connectivity index (χ0v) is 17.4. The van der Waals surface area contributed by atoms with Crippen molar-refractivity contribution >= 4 is 29.1 Å². The largest absolute Gasteiger partial charge is 0.494 e. The van der Waals surface area contributed by atoms with E-state index in [-0.39, 0.29) is 17.9 Å². The summed E-state index contributed by atoms with van der Waals surface area (Å²) in [5, 5.41) is 6.26. The Balaban J connectivity index is 1.69. The van der Waals surface area contributed by atoms with Crippen LogP contribution in [0.1, 0.15) is 66.2 Å². The van der Waals surface area contributed by atoms with Crippen LogP contribution in [0.15, 0.2) is 42.5 Å². The maximum Gasteiger partial charge on any atom is 0.255 e. The van der Waals surface area contributed by atoms with Crippen molar-refractivity contribution < 1.29 is 14.3 Å². The molecule has 6 heteroatoms. The molecule has 5 nitrogen and oxygen atoms in total. The van der Waals surface area contributed by atoms with Crippen LogP contribution in [0.2, 0.25) is 5.02 Å². The lowest BCUT2D eigenvalue weighted by molar-refractivity contribution is 0.0926. The molecule has 29 heavy (non-hydrogen) atoms. The summed E-state index contributed by atoms with van der Waals surface area (Å²) in [6.07, 6.45) is 6.38. The van der Waals surface area contributed by atoms with Crippen LogP contribution in [0, 0.1) is 0 Å². The van der Waals surface area contributed by atoms with Crippen LogP contribution in [-0.4, -0.2) is 24.5 Å². The van der Waals surface area contributed by atoms with Crippen LogP contribution < -0.4 is 15.4 Å². The molecule has 2 amide bonds. The van der Waals surface area contributed by atoms with Gasteiger partial charge in [0.05, 0.1) is 17.2 Å². The molecule has 0 atom stereocenters. The van der Waals surface area contributed by atoms with Crippen molar-refractivity contribution in [3.05, 3.63) is 58.6 Å². The summed E-state index contributed by atoms with van der Waals surface area (Å²) >= 11 is 6.24. The first kappa shape index (κ1) is 21.2. The van der Waals surface area contributed by atoms with Crippen molar-refractivity contribution in [3.63, 3.8) is 0 Å². The van der Waals surface area contributed by atoms with Crippen molar-refractivity contribution in [2.45, 2.75) is 51.5 Å². The van der Waals surface area contributed by atoms with E-state index in [1.165, 1.54) is 6.42 Å². The second kappa shape index (κ2) is 10.3. The summed E-state index contributed by atoms with van der Waals surface area (Å²) in [5.41, 5.74) is 1.38. The van der Waals surface area contributed by atoms with Gasteiger partial charge in [-0.2, -0.15) is 0 Å². The minimum Gasteiger partial charge on any atom is -0.494 e. The molecule has 1 aliphatic rings. The zero-order chi connectivity index (χ0) is 20.6. The lowest BCUT2D eigenvalue weighted by Crippen LogP contribution is -2.36. The van der Waals surface area contributed by atoms with Crippen molar-refractivity contribution in [2.24, 2.45) is 0 Å². The lowest BCUT2D eigenvalue weighted by Gasteiger charge is -2.23. The molecule has 0 saturated heterocycles. The van der Waals surface area contributed by atoms with Gasteiger partial charge in [0.2, 0.25) is 0 Å². The molecule has 0 radical (unpaired) electrons. The van der Waals surface area contributed by atoms with Crippen LogP contribution in [0.5, 0.6) is 5.75 Å². The van der Waals surface area contributed by atoms with Crippen molar-refractivity contribution in [1.29, 1.82) is 0 Å². The number of halogens is 1. The van der Waals surface area contributed by atoms with E-state index in [1.807, 2.05) is 13.0 Å². The van der Waals surface area contributed by atoms with Crippen LogP contribution in [0.3, 0.4) is 0 Å². The van der Waals surface area contributed by atoms with E-state index in [0.717, 1.165) is 32.1 Å². The Kier molecular flexibility index (Phi) is 7.53. The number of anilines is 1. The summed E-state index contributed by atoms with van der Waals surface area (Å²) in [6.45, 7) is 2.63. The Morgan fingerprint density at radius 1 is 1.07 bits per heavy atom. The number of hydrogen-bond acceptors (Lipinski definition) is 3. The minimum atomic E-state index is -0.270. The van der Waals surface area contributed by atoms with Gasteiger partial charge in [-0.05, 0) is 55.7 Å². The number of rotatable bonds is 7. The first-order valence-corrected chi connectivity index (χ1v) is 10.6. The summed E-state index contributed by atoms with van der Waals surface area (Å²) in [4.78, 5) is 25.3. The Labute approximate surface area is 176 Å². The fourth-order valence-corrected chi connectivity index (χ4v) is 3.64. The third-order valence-electron chi connectivity index (χ3n) is 4.98. The Morgan fingerprint density at radius 2 is 1.86 bits per heavy atom. The molecule has 0 aromatic heterocycles. The van der Waals surface area contributed by atoms with Crippen molar-refractivity contribution in [1.82, 2.24) is 5.32 Å². The maximum absolute atomic E-state index is 12.7. The number of carbonyl (C=O) groups excluding carboxylic acids is 2. The van der Waals surface area contributed by atoms with Gasteiger partial charge in [-0.3, -0.25) is 9.59 Å². The lowest BCUT2D eigenvalue weighted by atomic mass is 9.95. The molecular weight excluding hydrogens is 388 g/mol.